The Hall–Kier alpha value is -2.24. The fourth-order valence-electron chi connectivity index (χ4n) is 1.39. The van der Waals surface area contributed by atoms with Crippen LogP contribution < -0.4 is 0 Å². The normalized spacial score (nSPS) is 11.3. The Morgan fingerprint density at radius 3 is 2.28 bits per heavy atom. The average Bonchev–Trinajstić information content (AvgIpc) is 2.38. The van der Waals surface area contributed by atoms with E-state index in [9.17, 15) is 18.0 Å². The van der Waals surface area contributed by atoms with Gasteiger partial charge in [-0.15, -0.1) is 0 Å². The van der Waals surface area contributed by atoms with E-state index in [1.165, 1.54) is 24.4 Å². The van der Waals surface area contributed by atoms with E-state index in [1.807, 2.05) is 0 Å². The Labute approximate surface area is 100 Å². The monoisotopic (exact) mass is 252 g/mol. The number of alkyl halides is 3. The summed E-state index contributed by atoms with van der Waals surface area (Å²) in [6.07, 6.45) is -2.44. The number of aromatic nitrogens is 2. The van der Waals surface area contributed by atoms with Crippen LogP contribution in [0.15, 0.2) is 36.5 Å². The second kappa shape index (κ2) is 4.56. The fraction of sp³-hybridized carbons (Fsp3) is 0.0833. The van der Waals surface area contributed by atoms with Gasteiger partial charge in [0.25, 0.3) is 0 Å². The van der Waals surface area contributed by atoms with Crippen molar-refractivity contribution in [2.75, 3.05) is 0 Å². The lowest BCUT2D eigenvalue weighted by atomic mass is 10.1. The Morgan fingerprint density at radius 1 is 1.06 bits per heavy atom. The van der Waals surface area contributed by atoms with E-state index < -0.39 is 11.7 Å². The maximum Gasteiger partial charge on any atom is 0.416 e. The summed E-state index contributed by atoms with van der Waals surface area (Å²) in [6, 6.07) is 5.86. The summed E-state index contributed by atoms with van der Waals surface area (Å²) in [5.41, 5.74) is -0.135. The first kappa shape index (κ1) is 12.2. The van der Waals surface area contributed by atoms with Crippen molar-refractivity contribution < 1.29 is 18.0 Å². The highest BCUT2D eigenvalue weighted by Gasteiger charge is 2.30. The van der Waals surface area contributed by atoms with Crippen molar-refractivity contribution in [3.63, 3.8) is 0 Å². The number of carbonyl (C=O) groups is 1. The van der Waals surface area contributed by atoms with E-state index in [0.29, 0.717) is 11.8 Å². The molecule has 0 atom stereocenters. The second-order valence-corrected chi connectivity index (χ2v) is 3.50. The van der Waals surface area contributed by atoms with Crippen LogP contribution >= 0.6 is 0 Å². The van der Waals surface area contributed by atoms with Crippen LogP contribution in [0.1, 0.15) is 16.1 Å². The summed E-state index contributed by atoms with van der Waals surface area (Å²) >= 11 is 0. The van der Waals surface area contributed by atoms with Gasteiger partial charge in [0.1, 0.15) is 5.69 Å². The quantitative estimate of drug-likeness (QED) is 0.771. The maximum absolute atomic E-state index is 12.4. The van der Waals surface area contributed by atoms with E-state index in [4.69, 9.17) is 0 Å². The van der Waals surface area contributed by atoms with Gasteiger partial charge < -0.3 is 0 Å². The van der Waals surface area contributed by atoms with Crippen molar-refractivity contribution in [1.29, 1.82) is 0 Å². The van der Waals surface area contributed by atoms with Gasteiger partial charge in [0.2, 0.25) is 0 Å². The molecule has 0 unspecified atom stereocenters. The van der Waals surface area contributed by atoms with Gasteiger partial charge in [-0.25, -0.2) is 9.97 Å². The Balaban J connectivity index is 2.37. The number of aldehydes is 1. The van der Waals surface area contributed by atoms with Crippen LogP contribution in [-0.2, 0) is 6.18 Å². The van der Waals surface area contributed by atoms with Crippen molar-refractivity contribution in [3.05, 3.63) is 47.8 Å². The van der Waals surface area contributed by atoms with E-state index >= 15 is 0 Å². The lowest BCUT2D eigenvalue weighted by molar-refractivity contribution is -0.137. The molecule has 1 aromatic carbocycles. The van der Waals surface area contributed by atoms with Crippen molar-refractivity contribution in [2.24, 2.45) is 0 Å². The van der Waals surface area contributed by atoms with Gasteiger partial charge in [0.15, 0.2) is 12.1 Å². The highest BCUT2D eigenvalue weighted by Crippen LogP contribution is 2.30. The van der Waals surface area contributed by atoms with Gasteiger partial charge in [-0.3, -0.25) is 4.79 Å². The molecule has 0 aliphatic carbocycles. The van der Waals surface area contributed by atoms with Crippen LogP contribution in [0.4, 0.5) is 13.2 Å². The zero-order valence-corrected chi connectivity index (χ0v) is 8.98. The summed E-state index contributed by atoms with van der Waals surface area (Å²) in [4.78, 5) is 18.3. The van der Waals surface area contributed by atoms with E-state index in [0.717, 1.165) is 12.1 Å². The predicted octanol–water partition coefficient (Wildman–Crippen LogP) is 2.97. The van der Waals surface area contributed by atoms with Gasteiger partial charge in [-0.1, -0.05) is 12.1 Å². The standard InChI is InChI=1S/C12H7F3N2O/c13-12(14,15)9-3-1-8(2-4-9)11-16-6-5-10(7-18)17-11/h1-7H. The number of rotatable bonds is 2. The van der Waals surface area contributed by atoms with Crippen LogP contribution in [0, 0.1) is 0 Å². The first-order valence-corrected chi connectivity index (χ1v) is 4.96. The van der Waals surface area contributed by atoms with Crippen LogP contribution in [0.3, 0.4) is 0 Å². The Bertz CT molecular complexity index is 564. The van der Waals surface area contributed by atoms with Gasteiger partial charge in [0.05, 0.1) is 5.56 Å². The third-order valence-electron chi connectivity index (χ3n) is 2.27. The first-order valence-electron chi connectivity index (χ1n) is 4.96. The molecule has 92 valence electrons. The fourth-order valence-corrected chi connectivity index (χ4v) is 1.39. The predicted molar refractivity (Wildman–Crippen MR) is 57.9 cm³/mol. The van der Waals surface area contributed by atoms with E-state index in [2.05, 4.69) is 9.97 Å². The third kappa shape index (κ3) is 2.53. The molecule has 6 heteroatoms. The molecule has 0 saturated carbocycles. The topological polar surface area (TPSA) is 42.9 Å². The smallest absolute Gasteiger partial charge is 0.296 e. The third-order valence-corrected chi connectivity index (χ3v) is 2.27. The van der Waals surface area contributed by atoms with Crippen LogP contribution in [0.2, 0.25) is 0 Å². The lowest BCUT2D eigenvalue weighted by Crippen LogP contribution is -2.04. The second-order valence-electron chi connectivity index (χ2n) is 3.50. The molecule has 0 N–H and O–H groups in total. The molecule has 0 spiro atoms. The van der Waals surface area contributed by atoms with E-state index in [-0.39, 0.29) is 11.5 Å². The van der Waals surface area contributed by atoms with Crippen LogP contribution in [0.25, 0.3) is 11.4 Å². The molecular formula is C12H7F3N2O. The molecule has 0 amide bonds. The minimum Gasteiger partial charge on any atom is -0.296 e. The minimum atomic E-state index is -4.37. The molecule has 1 heterocycles. The van der Waals surface area contributed by atoms with Crippen molar-refractivity contribution in [3.8, 4) is 11.4 Å². The van der Waals surface area contributed by atoms with Gasteiger partial charge >= 0.3 is 6.18 Å². The van der Waals surface area contributed by atoms with Gasteiger partial charge in [-0.2, -0.15) is 13.2 Å². The Morgan fingerprint density at radius 2 is 1.72 bits per heavy atom. The summed E-state index contributed by atoms with van der Waals surface area (Å²) in [5, 5.41) is 0. The molecule has 0 aliphatic rings. The highest BCUT2D eigenvalue weighted by molar-refractivity contribution is 5.72. The largest absolute Gasteiger partial charge is 0.416 e. The van der Waals surface area contributed by atoms with Crippen molar-refractivity contribution in [2.45, 2.75) is 6.18 Å². The maximum atomic E-state index is 12.4. The number of hydrogen-bond acceptors (Lipinski definition) is 3. The summed E-state index contributed by atoms with van der Waals surface area (Å²) < 4.78 is 37.1. The molecule has 0 aliphatic heterocycles. The summed E-state index contributed by atoms with van der Waals surface area (Å²) in [7, 11) is 0. The Kier molecular flexibility index (Phi) is 3.10. The van der Waals surface area contributed by atoms with Gasteiger partial charge in [0, 0.05) is 11.8 Å². The zero-order valence-electron chi connectivity index (χ0n) is 8.98. The number of carbonyl (C=O) groups excluding carboxylic acids is 1. The molecule has 2 rings (SSSR count). The molecule has 1 aromatic heterocycles. The highest BCUT2D eigenvalue weighted by atomic mass is 19.4. The number of nitrogens with zero attached hydrogens (tertiary/aromatic N) is 2. The molecular weight excluding hydrogens is 245 g/mol. The molecule has 0 saturated heterocycles. The number of halogens is 3. The zero-order chi connectivity index (χ0) is 13.2. The number of benzene rings is 1. The average molecular weight is 252 g/mol. The minimum absolute atomic E-state index is 0.180. The van der Waals surface area contributed by atoms with Crippen molar-refractivity contribution >= 4 is 6.29 Å². The van der Waals surface area contributed by atoms with E-state index in [1.54, 1.807) is 0 Å². The molecule has 2 aromatic rings. The molecule has 0 bridgehead atoms. The SMILES string of the molecule is O=Cc1ccnc(-c2ccc(C(F)(F)F)cc2)n1. The lowest BCUT2D eigenvalue weighted by Gasteiger charge is -2.07. The van der Waals surface area contributed by atoms with Crippen LogP contribution in [-0.4, -0.2) is 16.3 Å². The summed E-state index contributed by atoms with van der Waals surface area (Å²) in [5.74, 6) is 0.216. The molecule has 0 fully saturated rings. The molecule has 18 heavy (non-hydrogen) atoms. The molecule has 3 nitrogen and oxygen atoms in total. The first-order chi connectivity index (χ1) is 8.50. The van der Waals surface area contributed by atoms with Crippen molar-refractivity contribution in [1.82, 2.24) is 9.97 Å². The summed E-state index contributed by atoms with van der Waals surface area (Å²) in [6.45, 7) is 0. The molecule has 0 radical (unpaired) electrons. The van der Waals surface area contributed by atoms with Gasteiger partial charge in [-0.05, 0) is 18.2 Å². The number of hydrogen-bond donors (Lipinski definition) is 0. The van der Waals surface area contributed by atoms with Crippen LogP contribution in [0.5, 0.6) is 0 Å².